The van der Waals surface area contributed by atoms with Gasteiger partial charge in [0.05, 0.1) is 0 Å². The van der Waals surface area contributed by atoms with E-state index in [-0.39, 0.29) is 0 Å². The molecule has 2 fully saturated rings. The van der Waals surface area contributed by atoms with Crippen molar-refractivity contribution in [3.05, 3.63) is 0 Å². The maximum absolute atomic E-state index is 13.2. The van der Waals surface area contributed by atoms with Crippen LogP contribution < -0.4 is 0 Å². The molecule has 2 bridgehead atoms. The molecule has 5 atom stereocenters. The van der Waals surface area contributed by atoms with Crippen molar-refractivity contribution < 1.29 is 4.39 Å². The standard InChI is InChI=1S/C11H19F/c1-7-3-9-4-10(8(7)2)6-11(12)5-9/h7-11H,3-6H2,1-2H3/t7?,8?,9?,10?,11-/m1/s1. The third-order valence-corrected chi connectivity index (χ3v) is 4.13. The SMILES string of the molecule is CC1CC2CC(C[C@H](F)C2)C1C. The molecule has 4 unspecified atom stereocenters. The lowest BCUT2D eigenvalue weighted by Gasteiger charge is -2.43. The van der Waals surface area contributed by atoms with Crippen LogP contribution in [0.5, 0.6) is 0 Å². The molecule has 2 rings (SSSR count). The predicted molar refractivity (Wildman–Crippen MR) is 48.7 cm³/mol. The number of hydrogen-bond donors (Lipinski definition) is 0. The Morgan fingerprint density at radius 1 is 1.00 bits per heavy atom. The van der Waals surface area contributed by atoms with Gasteiger partial charge in [0.15, 0.2) is 0 Å². The zero-order chi connectivity index (χ0) is 8.72. The molecule has 2 saturated carbocycles. The first kappa shape index (κ1) is 8.52. The maximum Gasteiger partial charge on any atom is 0.101 e. The van der Waals surface area contributed by atoms with Crippen LogP contribution in [0.4, 0.5) is 4.39 Å². The summed E-state index contributed by atoms with van der Waals surface area (Å²) in [7, 11) is 0. The van der Waals surface area contributed by atoms with Crippen LogP contribution >= 0.6 is 0 Å². The Labute approximate surface area is 74.5 Å². The van der Waals surface area contributed by atoms with Crippen molar-refractivity contribution in [1.82, 2.24) is 0 Å². The van der Waals surface area contributed by atoms with E-state index in [9.17, 15) is 4.39 Å². The van der Waals surface area contributed by atoms with Gasteiger partial charge in [-0.15, -0.1) is 0 Å². The molecule has 0 heterocycles. The Morgan fingerprint density at radius 2 is 1.75 bits per heavy atom. The molecule has 0 aromatic heterocycles. The molecular weight excluding hydrogens is 151 g/mol. The highest BCUT2D eigenvalue weighted by Gasteiger charge is 2.38. The van der Waals surface area contributed by atoms with E-state index >= 15 is 0 Å². The van der Waals surface area contributed by atoms with Crippen LogP contribution in [0.2, 0.25) is 0 Å². The number of halogens is 1. The summed E-state index contributed by atoms with van der Waals surface area (Å²) >= 11 is 0. The monoisotopic (exact) mass is 170 g/mol. The number of alkyl halides is 1. The molecule has 0 amide bonds. The van der Waals surface area contributed by atoms with Gasteiger partial charge in [-0.25, -0.2) is 4.39 Å². The zero-order valence-corrected chi connectivity index (χ0v) is 8.09. The van der Waals surface area contributed by atoms with Crippen molar-refractivity contribution >= 4 is 0 Å². The van der Waals surface area contributed by atoms with Crippen molar-refractivity contribution in [3.63, 3.8) is 0 Å². The average Bonchev–Trinajstić information content (AvgIpc) is 1.99. The van der Waals surface area contributed by atoms with Crippen molar-refractivity contribution in [3.8, 4) is 0 Å². The molecule has 2 aliphatic carbocycles. The number of fused-ring (bicyclic) bond motifs is 2. The van der Waals surface area contributed by atoms with Crippen LogP contribution in [-0.4, -0.2) is 6.17 Å². The topological polar surface area (TPSA) is 0 Å². The summed E-state index contributed by atoms with van der Waals surface area (Å²) in [4.78, 5) is 0. The van der Waals surface area contributed by atoms with Crippen LogP contribution in [0, 0.1) is 23.7 Å². The predicted octanol–water partition coefficient (Wildman–Crippen LogP) is 3.42. The molecule has 70 valence electrons. The average molecular weight is 170 g/mol. The summed E-state index contributed by atoms with van der Waals surface area (Å²) in [5, 5.41) is 0. The van der Waals surface area contributed by atoms with Crippen LogP contribution in [0.3, 0.4) is 0 Å². The lowest BCUT2D eigenvalue weighted by atomic mass is 9.63. The first-order chi connectivity index (χ1) is 5.66. The van der Waals surface area contributed by atoms with E-state index < -0.39 is 6.17 Å². The Morgan fingerprint density at radius 3 is 2.50 bits per heavy atom. The summed E-state index contributed by atoms with van der Waals surface area (Å²) in [6.45, 7) is 4.64. The second-order valence-electron chi connectivity index (χ2n) is 5.00. The van der Waals surface area contributed by atoms with Gasteiger partial charge in [0, 0.05) is 0 Å². The second-order valence-corrected chi connectivity index (χ2v) is 5.00. The third kappa shape index (κ3) is 1.38. The van der Waals surface area contributed by atoms with Gasteiger partial charge in [-0.1, -0.05) is 13.8 Å². The summed E-state index contributed by atoms with van der Waals surface area (Å²) in [5.74, 6) is 3.01. The fourth-order valence-corrected chi connectivity index (χ4v) is 3.23. The van der Waals surface area contributed by atoms with Crippen molar-refractivity contribution in [2.75, 3.05) is 0 Å². The molecule has 0 aromatic carbocycles. The molecule has 0 aliphatic heterocycles. The van der Waals surface area contributed by atoms with E-state index in [1.54, 1.807) is 0 Å². The van der Waals surface area contributed by atoms with E-state index in [2.05, 4.69) is 13.8 Å². The van der Waals surface area contributed by atoms with Crippen molar-refractivity contribution in [2.45, 2.75) is 45.7 Å². The molecule has 1 heteroatoms. The number of rotatable bonds is 0. The maximum atomic E-state index is 13.2. The minimum absolute atomic E-state index is 0.483. The second kappa shape index (κ2) is 3.01. The van der Waals surface area contributed by atoms with E-state index in [1.807, 2.05) is 0 Å². The molecule has 0 radical (unpaired) electrons. The first-order valence-corrected chi connectivity index (χ1v) is 5.31. The lowest BCUT2D eigenvalue weighted by molar-refractivity contribution is 0.0367. The van der Waals surface area contributed by atoms with E-state index in [1.165, 1.54) is 12.8 Å². The minimum atomic E-state index is -0.483. The van der Waals surface area contributed by atoms with E-state index in [4.69, 9.17) is 0 Å². The fourth-order valence-electron chi connectivity index (χ4n) is 3.23. The summed E-state index contributed by atoms with van der Waals surface area (Å²) in [5.41, 5.74) is 0. The van der Waals surface area contributed by atoms with Crippen LogP contribution in [0.25, 0.3) is 0 Å². The quantitative estimate of drug-likeness (QED) is 0.522. The first-order valence-electron chi connectivity index (χ1n) is 5.31. The van der Waals surface area contributed by atoms with Gasteiger partial charge >= 0.3 is 0 Å². The zero-order valence-electron chi connectivity index (χ0n) is 8.09. The third-order valence-electron chi connectivity index (χ3n) is 4.13. The lowest BCUT2D eigenvalue weighted by Crippen LogP contribution is -2.36. The fraction of sp³-hybridized carbons (Fsp3) is 1.00. The highest BCUT2D eigenvalue weighted by Crippen LogP contribution is 2.46. The van der Waals surface area contributed by atoms with Crippen LogP contribution in [0.15, 0.2) is 0 Å². The van der Waals surface area contributed by atoms with Gasteiger partial charge in [0.1, 0.15) is 6.17 Å². The van der Waals surface area contributed by atoms with Crippen LogP contribution in [0.1, 0.15) is 39.5 Å². The number of hydrogen-bond acceptors (Lipinski definition) is 0. The minimum Gasteiger partial charge on any atom is -0.247 e. The molecule has 2 aliphatic rings. The molecule has 0 aromatic rings. The summed E-state index contributed by atoms with van der Waals surface area (Å²) in [6, 6.07) is 0. The van der Waals surface area contributed by atoms with Gasteiger partial charge < -0.3 is 0 Å². The highest BCUT2D eigenvalue weighted by atomic mass is 19.1. The summed E-state index contributed by atoms with van der Waals surface area (Å²) in [6.07, 6.45) is 3.81. The van der Waals surface area contributed by atoms with Crippen molar-refractivity contribution in [1.29, 1.82) is 0 Å². The van der Waals surface area contributed by atoms with E-state index in [0.717, 1.165) is 24.7 Å². The molecule has 0 saturated heterocycles. The Bertz CT molecular complexity index is 162. The molecule has 0 N–H and O–H groups in total. The Kier molecular flexibility index (Phi) is 2.14. The molecule has 12 heavy (non-hydrogen) atoms. The normalized spacial score (nSPS) is 53.8. The molecule has 0 spiro atoms. The van der Waals surface area contributed by atoms with Gasteiger partial charge in [0.25, 0.3) is 0 Å². The Hall–Kier alpha value is -0.0700. The summed E-state index contributed by atoms with van der Waals surface area (Å²) < 4.78 is 13.2. The van der Waals surface area contributed by atoms with Crippen molar-refractivity contribution in [2.24, 2.45) is 23.7 Å². The Balaban J connectivity index is 2.07. The van der Waals surface area contributed by atoms with Gasteiger partial charge in [0.2, 0.25) is 0 Å². The van der Waals surface area contributed by atoms with Gasteiger partial charge in [-0.3, -0.25) is 0 Å². The molecular formula is C11H19F. The van der Waals surface area contributed by atoms with E-state index in [0.29, 0.717) is 11.8 Å². The largest absolute Gasteiger partial charge is 0.247 e. The van der Waals surface area contributed by atoms with Gasteiger partial charge in [-0.05, 0) is 49.4 Å². The molecule has 0 nitrogen and oxygen atoms in total. The van der Waals surface area contributed by atoms with Gasteiger partial charge in [-0.2, -0.15) is 0 Å². The highest BCUT2D eigenvalue weighted by molar-refractivity contribution is 4.88. The smallest absolute Gasteiger partial charge is 0.101 e. The van der Waals surface area contributed by atoms with Crippen LogP contribution in [-0.2, 0) is 0 Å².